The quantitative estimate of drug-likeness (QED) is 0.876. The first-order chi connectivity index (χ1) is 8.18. The van der Waals surface area contributed by atoms with Crippen molar-refractivity contribution in [2.24, 2.45) is 17.6 Å². The Balaban J connectivity index is 2.01. The van der Waals surface area contributed by atoms with E-state index in [1.165, 1.54) is 6.07 Å². The molecule has 94 valence electrons. The molecule has 0 saturated carbocycles. The zero-order chi connectivity index (χ0) is 12.3. The highest BCUT2D eigenvalue weighted by Crippen LogP contribution is 2.25. The molecule has 0 bridgehead atoms. The number of ether oxygens (including phenoxy) is 1. The van der Waals surface area contributed by atoms with Crippen LogP contribution in [0, 0.1) is 17.7 Å². The minimum absolute atomic E-state index is 0.0193. The predicted molar refractivity (Wildman–Crippen MR) is 66.2 cm³/mol. The largest absolute Gasteiger partial charge is 0.381 e. The molecule has 0 aromatic heterocycles. The highest BCUT2D eigenvalue weighted by Gasteiger charge is 2.27. The van der Waals surface area contributed by atoms with Crippen LogP contribution in [0.4, 0.5) is 4.39 Å². The maximum absolute atomic E-state index is 13.5. The van der Waals surface area contributed by atoms with Crippen molar-refractivity contribution in [2.75, 3.05) is 13.2 Å². The fourth-order valence-corrected chi connectivity index (χ4v) is 2.60. The molecule has 1 aromatic rings. The van der Waals surface area contributed by atoms with Crippen molar-refractivity contribution in [3.8, 4) is 0 Å². The van der Waals surface area contributed by atoms with E-state index in [4.69, 9.17) is 10.5 Å². The smallest absolute Gasteiger partial charge is 0.126 e. The number of hydrogen-bond donors (Lipinski definition) is 1. The maximum atomic E-state index is 13.5. The zero-order valence-electron chi connectivity index (χ0n) is 10.2. The van der Waals surface area contributed by atoms with Gasteiger partial charge >= 0.3 is 0 Å². The van der Waals surface area contributed by atoms with Crippen LogP contribution in [0.5, 0.6) is 0 Å². The summed E-state index contributed by atoms with van der Waals surface area (Å²) in [6, 6.07) is 6.90. The predicted octanol–water partition coefficient (Wildman–Crippen LogP) is 2.37. The fraction of sp³-hybridized carbons (Fsp3) is 0.571. The molecule has 1 saturated heterocycles. The number of halogens is 1. The Morgan fingerprint density at radius 1 is 1.47 bits per heavy atom. The van der Waals surface area contributed by atoms with Crippen LogP contribution < -0.4 is 5.73 Å². The standard InChI is InChI=1S/C14H20FNO/c1-10-9-17-7-6-12(10)14(16)8-11-4-2-3-5-13(11)15/h2-5,10,12,14H,6-9,16H2,1H3. The first-order valence-electron chi connectivity index (χ1n) is 6.25. The molecule has 0 radical (unpaired) electrons. The van der Waals surface area contributed by atoms with Gasteiger partial charge in [-0.1, -0.05) is 25.1 Å². The lowest BCUT2D eigenvalue weighted by atomic mass is 9.81. The summed E-state index contributed by atoms with van der Waals surface area (Å²) in [5.74, 6) is 0.747. The second kappa shape index (κ2) is 5.61. The summed E-state index contributed by atoms with van der Waals surface area (Å²) in [7, 11) is 0. The van der Waals surface area contributed by atoms with Crippen molar-refractivity contribution >= 4 is 0 Å². The van der Waals surface area contributed by atoms with E-state index in [2.05, 4.69) is 6.92 Å². The van der Waals surface area contributed by atoms with E-state index in [-0.39, 0.29) is 11.9 Å². The van der Waals surface area contributed by atoms with Crippen LogP contribution in [0.15, 0.2) is 24.3 Å². The molecule has 0 amide bonds. The van der Waals surface area contributed by atoms with Crippen LogP contribution in [0.1, 0.15) is 18.9 Å². The third-order valence-electron chi connectivity index (χ3n) is 3.67. The Hall–Kier alpha value is -0.930. The third-order valence-corrected chi connectivity index (χ3v) is 3.67. The van der Waals surface area contributed by atoms with Crippen molar-refractivity contribution in [2.45, 2.75) is 25.8 Å². The Morgan fingerprint density at radius 2 is 2.24 bits per heavy atom. The Labute approximate surface area is 102 Å². The molecule has 3 heteroatoms. The number of benzene rings is 1. The van der Waals surface area contributed by atoms with Gasteiger partial charge < -0.3 is 10.5 Å². The van der Waals surface area contributed by atoms with Gasteiger partial charge in [0.1, 0.15) is 5.82 Å². The van der Waals surface area contributed by atoms with Gasteiger partial charge in [-0.25, -0.2) is 4.39 Å². The molecule has 17 heavy (non-hydrogen) atoms. The zero-order valence-corrected chi connectivity index (χ0v) is 10.2. The SMILES string of the molecule is CC1COCCC1C(N)Cc1ccccc1F. The molecule has 3 atom stereocenters. The summed E-state index contributed by atoms with van der Waals surface area (Å²) in [5.41, 5.74) is 6.94. The van der Waals surface area contributed by atoms with E-state index in [0.717, 1.165) is 25.2 Å². The fourth-order valence-electron chi connectivity index (χ4n) is 2.60. The summed E-state index contributed by atoms with van der Waals surface area (Å²) in [6.45, 7) is 3.71. The van der Waals surface area contributed by atoms with E-state index in [1.54, 1.807) is 6.07 Å². The molecular formula is C14H20FNO. The van der Waals surface area contributed by atoms with E-state index in [9.17, 15) is 4.39 Å². The molecule has 1 aromatic carbocycles. The van der Waals surface area contributed by atoms with Gasteiger partial charge in [-0.3, -0.25) is 0 Å². The molecule has 3 unspecified atom stereocenters. The molecule has 2 rings (SSSR count). The summed E-state index contributed by atoms with van der Waals surface area (Å²) >= 11 is 0. The molecule has 0 spiro atoms. The number of rotatable bonds is 3. The van der Waals surface area contributed by atoms with Gasteiger partial charge in [0.15, 0.2) is 0 Å². The molecule has 0 aliphatic carbocycles. The Morgan fingerprint density at radius 3 is 2.94 bits per heavy atom. The average Bonchev–Trinajstić information content (AvgIpc) is 2.32. The topological polar surface area (TPSA) is 35.2 Å². The molecular weight excluding hydrogens is 217 g/mol. The van der Waals surface area contributed by atoms with Gasteiger partial charge in [-0.15, -0.1) is 0 Å². The van der Waals surface area contributed by atoms with Gasteiger partial charge in [0.05, 0.1) is 0 Å². The van der Waals surface area contributed by atoms with Crippen LogP contribution in [0.25, 0.3) is 0 Å². The molecule has 2 N–H and O–H groups in total. The summed E-state index contributed by atoms with van der Waals surface area (Å²) in [6.07, 6.45) is 1.60. The first kappa shape index (κ1) is 12.5. The van der Waals surface area contributed by atoms with Crippen molar-refractivity contribution in [1.82, 2.24) is 0 Å². The lowest BCUT2D eigenvalue weighted by Crippen LogP contribution is -2.41. The van der Waals surface area contributed by atoms with E-state index < -0.39 is 0 Å². The molecule has 2 nitrogen and oxygen atoms in total. The minimum Gasteiger partial charge on any atom is -0.381 e. The highest BCUT2D eigenvalue weighted by atomic mass is 19.1. The van der Waals surface area contributed by atoms with Crippen LogP contribution >= 0.6 is 0 Å². The first-order valence-corrected chi connectivity index (χ1v) is 6.25. The number of nitrogens with two attached hydrogens (primary N) is 1. The van der Waals surface area contributed by atoms with Gasteiger partial charge in [-0.2, -0.15) is 0 Å². The summed E-state index contributed by atoms with van der Waals surface area (Å²) < 4.78 is 18.9. The summed E-state index contributed by atoms with van der Waals surface area (Å²) in [4.78, 5) is 0. The number of hydrogen-bond acceptors (Lipinski definition) is 2. The normalized spacial score (nSPS) is 26.8. The Bertz CT molecular complexity index is 369. The van der Waals surface area contributed by atoms with Crippen molar-refractivity contribution in [3.05, 3.63) is 35.6 Å². The van der Waals surface area contributed by atoms with Crippen molar-refractivity contribution < 1.29 is 9.13 Å². The lowest BCUT2D eigenvalue weighted by Gasteiger charge is -2.33. The third kappa shape index (κ3) is 3.05. The van der Waals surface area contributed by atoms with Crippen LogP contribution in [-0.2, 0) is 11.2 Å². The minimum atomic E-state index is -0.150. The second-order valence-corrected chi connectivity index (χ2v) is 4.96. The van der Waals surface area contributed by atoms with Crippen molar-refractivity contribution in [1.29, 1.82) is 0 Å². The van der Waals surface area contributed by atoms with E-state index >= 15 is 0 Å². The lowest BCUT2D eigenvalue weighted by molar-refractivity contribution is 0.0156. The molecule has 1 heterocycles. The highest BCUT2D eigenvalue weighted by molar-refractivity contribution is 5.18. The van der Waals surface area contributed by atoms with Crippen LogP contribution in [0.3, 0.4) is 0 Å². The average molecular weight is 237 g/mol. The second-order valence-electron chi connectivity index (χ2n) is 4.96. The van der Waals surface area contributed by atoms with Gasteiger partial charge in [-0.05, 0) is 36.3 Å². The van der Waals surface area contributed by atoms with E-state index in [0.29, 0.717) is 18.3 Å². The maximum Gasteiger partial charge on any atom is 0.126 e. The monoisotopic (exact) mass is 237 g/mol. The van der Waals surface area contributed by atoms with Gasteiger partial charge in [0.2, 0.25) is 0 Å². The van der Waals surface area contributed by atoms with Gasteiger partial charge in [0, 0.05) is 19.3 Å². The molecule has 1 aliphatic heterocycles. The molecule has 1 aliphatic rings. The van der Waals surface area contributed by atoms with Crippen LogP contribution in [-0.4, -0.2) is 19.3 Å². The molecule has 1 fully saturated rings. The summed E-state index contributed by atoms with van der Waals surface area (Å²) in [5, 5.41) is 0. The Kier molecular flexibility index (Phi) is 4.13. The van der Waals surface area contributed by atoms with Gasteiger partial charge in [0.25, 0.3) is 0 Å². The van der Waals surface area contributed by atoms with Crippen molar-refractivity contribution in [3.63, 3.8) is 0 Å². The van der Waals surface area contributed by atoms with E-state index in [1.807, 2.05) is 12.1 Å². The van der Waals surface area contributed by atoms with Crippen LogP contribution in [0.2, 0.25) is 0 Å².